The fraction of sp³-hybridized carbons (Fsp3) is 0.0263. The number of para-hydroxylation sites is 3. The summed E-state index contributed by atoms with van der Waals surface area (Å²) in [7, 11) is 0. The smallest absolute Gasteiger partial charge is 0.145 e. The van der Waals surface area contributed by atoms with Gasteiger partial charge in [-0.3, -0.25) is 4.57 Å². The van der Waals surface area contributed by atoms with Crippen LogP contribution in [-0.2, 0) is 5.60 Å². The molecular weight excluding hydrogens is 580 g/mol. The largest absolute Gasteiger partial charge is 0.376 e. The predicted octanol–water partition coefficient (Wildman–Crippen LogP) is 9.41. The molecule has 0 radical (unpaired) electrons. The van der Waals surface area contributed by atoms with Crippen LogP contribution in [0.25, 0.3) is 39.2 Å². The second-order valence-corrected chi connectivity index (χ2v) is 11.2. The highest BCUT2D eigenvalue weighted by atomic mass is 79.9. The van der Waals surface area contributed by atoms with Crippen LogP contribution >= 0.6 is 15.9 Å². The molecule has 202 valence electrons. The normalized spacial score (nSPS) is 12.7. The zero-order valence-electron chi connectivity index (χ0n) is 22.7. The average Bonchev–Trinajstić information content (AvgIpc) is 3.45. The number of fused-ring (bicyclic) bond motifs is 1. The zero-order chi connectivity index (χ0) is 28.5. The van der Waals surface area contributed by atoms with E-state index in [4.69, 9.17) is 4.98 Å². The minimum absolute atomic E-state index is 0.777. The molecule has 0 aliphatic rings. The first-order valence-electron chi connectivity index (χ1n) is 13.9. The van der Waals surface area contributed by atoms with Crippen LogP contribution < -0.4 is 0 Å². The van der Waals surface area contributed by atoms with E-state index < -0.39 is 5.60 Å². The van der Waals surface area contributed by atoms with E-state index in [0.717, 1.165) is 60.4 Å². The van der Waals surface area contributed by atoms with E-state index in [0.29, 0.717) is 0 Å². The molecule has 6 aromatic carbocycles. The second-order valence-electron chi connectivity index (χ2n) is 10.3. The molecule has 0 spiro atoms. The van der Waals surface area contributed by atoms with Crippen LogP contribution in [0.15, 0.2) is 162 Å². The maximum Gasteiger partial charge on any atom is 0.145 e. The maximum atomic E-state index is 12.8. The van der Waals surface area contributed by atoms with E-state index in [1.54, 1.807) is 0 Å². The van der Waals surface area contributed by atoms with E-state index in [9.17, 15) is 5.11 Å². The van der Waals surface area contributed by atoms with Gasteiger partial charge >= 0.3 is 0 Å². The summed E-state index contributed by atoms with van der Waals surface area (Å²) in [5, 5.41) is 12.8. The third kappa shape index (κ3) is 4.55. The van der Waals surface area contributed by atoms with Gasteiger partial charge < -0.3 is 5.11 Å². The van der Waals surface area contributed by atoms with Gasteiger partial charge in [0.1, 0.15) is 11.4 Å². The van der Waals surface area contributed by atoms with Gasteiger partial charge in [0.05, 0.1) is 11.0 Å². The molecule has 3 nitrogen and oxygen atoms in total. The molecule has 42 heavy (non-hydrogen) atoms. The SMILES string of the molecule is OC(c1ccc(Br)cc1)(c1ccc(-c2nc3ccccc3n2-c2ccccc2)cc1)c1ccccc1-c1ccccc1. The number of hydrogen-bond acceptors (Lipinski definition) is 2. The highest BCUT2D eigenvalue weighted by molar-refractivity contribution is 9.10. The highest BCUT2D eigenvalue weighted by Crippen LogP contribution is 2.42. The van der Waals surface area contributed by atoms with Crippen LogP contribution in [0, 0.1) is 0 Å². The Morgan fingerprint density at radius 2 is 1.12 bits per heavy atom. The van der Waals surface area contributed by atoms with Gasteiger partial charge in [0.25, 0.3) is 0 Å². The molecule has 1 heterocycles. The number of aromatic nitrogens is 2. The standard InChI is InChI=1S/C38H27BrN2O/c39-31-25-23-30(24-26-31)38(42,34-16-8-7-15-33(34)27-11-3-1-4-12-27)29-21-19-28(20-22-29)37-40-35-17-9-10-18-36(35)41(37)32-13-5-2-6-14-32/h1-26,42H. The molecule has 0 aliphatic heterocycles. The van der Waals surface area contributed by atoms with E-state index in [-0.39, 0.29) is 0 Å². The van der Waals surface area contributed by atoms with Gasteiger partial charge in [0, 0.05) is 21.3 Å². The van der Waals surface area contributed by atoms with Crippen LogP contribution in [0.3, 0.4) is 0 Å². The van der Waals surface area contributed by atoms with Crippen molar-refractivity contribution in [2.75, 3.05) is 0 Å². The average molecular weight is 608 g/mol. The van der Waals surface area contributed by atoms with Gasteiger partial charge in [-0.2, -0.15) is 0 Å². The Bertz CT molecular complexity index is 1980. The lowest BCUT2D eigenvalue weighted by Gasteiger charge is -2.32. The Hall–Kier alpha value is -4.77. The van der Waals surface area contributed by atoms with Crippen molar-refractivity contribution in [1.82, 2.24) is 9.55 Å². The number of benzene rings is 6. The fourth-order valence-electron chi connectivity index (χ4n) is 5.76. The van der Waals surface area contributed by atoms with Gasteiger partial charge in [-0.25, -0.2) is 4.98 Å². The fourth-order valence-corrected chi connectivity index (χ4v) is 6.02. The molecule has 1 unspecified atom stereocenters. The number of halogens is 1. The first-order chi connectivity index (χ1) is 20.6. The van der Waals surface area contributed by atoms with Crippen molar-refractivity contribution in [3.63, 3.8) is 0 Å². The zero-order valence-corrected chi connectivity index (χ0v) is 24.3. The predicted molar refractivity (Wildman–Crippen MR) is 175 cm³/mol. The number of imidazole rings is 1. The molecule has 0 bridgehead atoms. The van der Waals surface area contributed by atoms with Gasteiger partial charge in [-0.1, -0.05) is 137 Å². The van der Waals surface area contributed by atoms with Gasteiger partial charge in [-0.05, 0) is 58.7 Å². The molecule has 0 aliphatic carbocycles. The minimum atomic E-state index is -1.40. The van der Waals surface area contributed by atoms with E-state index >= 15 is 0 Å². The number of aliphatic hydroxyl groups is 1. The lowest BCUT2D eigenvalue weighted by atomic mass is 9.77. The summed E-state index contributed by atoms with van der Waals surface area (Å²) in [6.07, 6.45) is 0. The summed E-state index contributed by atoms with van der Waals surface area (Å²) in [6.45, 7) is 0. The van der Waals surface area contributed by atoms with Crippen LogP contribution in [-0.4, -0.2) is 14.7 Å². The first kappa shape index (κ1) is 26.1. The summed E-state index contributed by atoms with van der Waals surface area (Å²) in [5.74, 6) is 0.853. The van der Waals surface area contributed by atoms with E-state index in [1.165, 1.54) is 0 Å². The van der Waals surface area contributed by atoms with Gasteiger partial charge in [0.15, 0.2) is 0 Å². The van der Waals surface area contributed by atoms with Crippen LogP contribution in [0.4, 0.5) is 0 Å². The third-order valence-corrected chi connectivity index (χ3v) is 8.33. The third-order valence-electron chi connectivity index (χ3n) is 7.80. The van der Waals surface area contributed by atoms with Crippen molar-refractivity contribution in [2.24, 2.45) is 0 Å². The Labute approximate surface area is 253 Å². The molecule has 1 atom stereocenters. The first-order valence-corrected chi connectivity index (χ1v) is 14.7. The van der Waals surface area contributed by atoms with Crippen molar-refractivity contribution in [3.8, 4) is 28.2 Å². The molecule has 7 aromatic rings. The molecule has 0 saturated carbocycles. The Balaban J connectivity index is 1.41. The van der Waals surface area contributed by atoms with Gasteiger partial charge in [0.2, 0.25) is 0 Å². The van der Waals surface area contributed by atoms with Gasteiger partial charge in [-0.15, -0.1) is 0 Å². The van der Waals surface area contributed by atoms with Crippen molar-refractivity contribution in [3.05, 3.63) is 179 Å². The number of rotatable bonds is 6. The molecule has 1 aromatic heterocycles. The molecule has 0 amide bonds. The van der Waals surface area contributed by atoms with Crippen molar-refractivity contribution < 1.29 is 5.11 Å². The Morgan fingerprint density at radius 1 is 0.548 bits per heavy atom. The quantitative estimate of drug-likeness (QED) is 0.191. The summed E-state index contributed by atoms with van der Waals surface area (Å²) < 4.78 is 3.15. The summed E-state index contributed by atoms with van der Waals surface area (Å²) in [4.78, 5) is 5.03. The molecular formula is C38H27BrN2O. The monoisotopic (exact) mass is 606 g/mol. The molecule has 1 N–H and O–H groups in total. The summed E-state index contributed by atoms with van der Waals surface area (Å²) in [6, 6.07) is 52.9. The molecule has 7 rings (SSSR count). The van der Waals surface area contributed by atoms with Crippen molar-refractivity contribution >= 4 is 27.0 Å². The van der Waals surface area contributed by atoms with Crippen LogP contribution in [0.1, 0.15) is 16.7 Å². The number of nitrogens with zero attached hydrogens (tertiary/aromatic N) is 2. The summed E-state index contributed by atoms with van der Waals surface area (Å²) in [5.41, 5.74) is 7.03. The summed E-state index contributed by atoms with van der Waals surface area (Å²) >= 11 is 3.56. The van der Waals surface area contributed by atoms with Crippen LogP contribution in [0.5, 0.6) is 0 Å². The Kier molecular flexibility index (Phi) is 6.79. The highest BCUT2D eigenvalue weighted by Gasteiger charge is 2.36. The number of hydrogen-bond donors (Lipinski definition) is 1. The lowest BCUT2D eigenvalue weighted by Crippen LogP contribution is -2.29. The van der Waals surface area contributed by atoms with Crippen molar-refractivity contribution in [1.29, 1.82) is 0 Å². The van der Waals surface area contributed by atoms with E-state index in [1.807, 2.05) is 109 Å². The topological polar surface area (TPSA) is 38.1 Å². The van der Waals surface area contributed by atoms with Crippen molar-refractivity contribution in [2.45, 2.75) is 5.60 Å². The molecule has 4 heteroatoms. The van der Waals surface area contributed by atoms with E-state index in [2.05, 4.69) is 69.0 Å². The molecule has 0 fully saturated rings. The lowest BCUT2D eigenvalue weighted by molar-refractivity contribution is 0.126. The molecule has 0 saturated heterocycles. The Morgan fingerprint density at radius 3 is 1.83 bits per heavy atom. The van der Waals surface area contributed by atoms with Crippen LogP contribution in [0.2, 0.25) is 0 Å². The second kappa shape index (κ2) is 10.9. The minimum Gasteiger partial charge on any atom is -0.376 e. The maximum absolute atomic E-state index is 12.8.